The van der Waals surface area contributed by atoms with Crippen molar-refractivity contribution in [1.29, 1.82) is 0 Å². The van der Waals surface area contributed by atoms with Gasteiger partial charge in [0.1, 0.15) is 0 Å². The van der Waals surface area contributed by atoms with Gasteiger partial charge in [0.25, 0.3) is 0 Å². The summed E-state index contributed by atoms with van der Waals surface area (Å²) in [7, 11) is 0. The van der Waals surface area contributed by atoms with Crippen LogP contribution in [-0.4, -0.2) is 33.5 Å². The maximum atomic E-state index is 9.70. The maximum absolute atomic E-state index is 9.70. The molecule has 2 unspecified atom stereocenters. The molecule has 0 saturated heterocycles. The molecule has 1 heterocycles. The molecular formula is C14H20N2OS. The van der Waals surface area contributed by atoms with E-state index in [1.807, 2.05) is 24.2 Å². The number of pyridine rings is 1. The number of aliphatic hydroxyl groups excluding tert-OH is 1. The zero-order valence-electron chi connectivity index (χ0n) is 10.5. The molecule has 0 bridgehead atoms. The van der Waals surface area contributed by atoms with Crippen molar-refractivity contribution >= 4 is 11.8 Å². The zero-order chi connectivity index (χ0) is 12.4. The second-order valence-corrected chi connectivity index (χ2v) is 6.90. The standard InChI is InChI=1S/C14H20N2OS/c17-10-14(16-11-1-2-11)6-3-13(9-14)18-12-4-7-15-8-5-12/h4-5,7-8,11,13,16-17H,1-3,6,9-10H2. The van der Waals surface area contributed by atoms with Crippen LogP contribution in [0.3, 0.4) is 0 Å². The Morgan fingerprint density at radius 1 is 1.33 bits per heavy atom. The molecule has 3 rings (SSSR count). The van der Waals surface area contributed by atoms with Gasteiger partial charge in [0.2, 0.25) is 0 Å². The van der Waals surface area contributed by atoms with Crippen molar-refractivity contribution in [3.63, 3.8) is 0 Å². The fourth-order valence-corrected chi connectivity index (χ4v) is 4.07. The lowest BCUT2D eigenvalue weighted by Crippen LogP contribution is -2.47. The average molecular weight is 264 g/mol. The highest BCUT2D eigenvalue weighted by Gasteiger charge is 2.42. The van der Waals surface area contributed by atoms with Crippen LogP contribution < -0.4 is 5.32 Å². The molecule has 2 fully saturated rings. The maximum Gasteiger partial charge on any atom is 0.0613 e. The lowest BCUT2D eigenvalue weighted by Gasteiger charge is -2.28. The first-order valence-electron chi connectivity index (χ1n) is 6.75. The SMILES string of the molecule is OCC1(NC2CC2)CCC(Sc2ccncc2)C1. The average Bonchev–Trinajstić information content (AvgIpc) is 3.12. The molecule has 0 radical (unpaired) electrons. The Labute approximate surface area is 112 Å². The van der Waals surface area contributed by atoms with Crippen LogP contribution >= 0.6 is 11.8 Å². The van der Waals surface area contributed by atoms with Gasteiger partial charge in [-0.15, -0.1) is 11.8 Å². The van der Waals surface area contributed by atoms with Gasteiger partial charge in [-0.25, -0.2) is 0 Å². The van der Waals surface area contributed by atoms with Gasteiger partial charge >= 0.3 is 0 Å². The van der Waals surface area contributed by atoms with Crippen molar-refractivity contribution in [1.82, 2.24) is 10.3 Å². The molecule has 18 heavy (non-hydrogen) atoms. The first-order valence-corrected chi connectivity index (χ1v) is 7.63. The molecule has 1 aromatic rings. The Morgan fingerprint density at radius 2 is 2.11 bits per heavy atom. The van der Waals surface area contributed by atoms with Crippen LogP contribution in [0.1, 0.15) is 32.1 Å². The van der Waals surface area contributed by atoms with E-state index in [2.05, 4.69) is 22.4 Å². The number of hydrogen-bond acceptors (Lipinski definition) is 4. The highest BCUT2D eigenvalue weighted by Crippen LogP contribution is 2.41. The van der Waals surface area contributed by atoms with E-state index in [9.17, 15) is 5.11 Å². The molecule has 2 saturated carbocycles. The van der Waals surface area contributed by atoms with Gasteiger partial charge in [0, 0.05) is 34.1 Å². The second kappa shape index (κ2) is 5.19. The first kappa shape index (κ1) is 12.5. The van der Waals surface area contributed by atoms with E-state index in [0.717, 1.165) is 12.8 Å². The predicted molar refractivity (Wildman–Crippen MR) is 73.7 cm³/mol. The van der Waals surface area contributed by atoms with Gasteiger partial charge < -0.3 is 10.4 Å². The second-order valence-electron chi connectivity index (χ2n) is 5.52. The Balaban J connectivity index is 1.59. The third kappa shape index (κ3) is 2.87. The molecule has 0 aromatic carbocycles. The van der Waals surface area contributed by atoms with Crippen molar-refractivity contribution < 1.29 is 5.11 Å². The Hall–Kier alpha value is -0.580. The predicted octanol–water partition coefficient (Wildman–Crippen LogP) is 2.21. The van der Waals surface area contributed by atoms with Crippen LogP contribution in [0.2, 0.25) is 0 Å². The molecule has 4 heteroatoms. The normalized spacial score (nSPS) is 31.7. The molecule has 98 valence electrons. The minimum atomic E-state index is -0.00807. The summed E-state index contributed by atoms with van der Waals surface area (Å²) in [6, 6.07) is 4.80. The molecule has 2 N–H and O–H groups in total. The van der Waals surface area contributed by atoms with Crippen LogP contribution in [0.5, 0.6) is 0 Å². The minimum absolute atomic E-state index is 0.00807. The van der Waals surface area contributed by atoms with Crippen LogP contribution in [0.4, 0.5) is 0 Å². The quantitative estimate of drug-likeness (QED) is 0.856. The van der Waals surface area contributed by atoms with Crippen molar-refractivity contribution in [2.45, 2.75) is 53.8 Å². The third-order valence-corrected chi connectivity index (χ3v) is 5.19. The van der Waals surface area contributed by atoms with Crippen LogP contribution in [0, 0.1) is 0 Å². The summed E-state index contributed by atoms with van der Waals surface area (Å²) < 4.78 is 0. The number of hydrogen-bond donors (Lipinski definition) is 2. The molecule has 3 nitrogen and oxygen atoms in total. The van der Waals surface area contributed by atoms with Crippen LogP contribution in [0.15, 0.2) is 29.4 Å². The fraction of sp³-hybridized carbons (Fsp3) is 0.643. The van der Waals surface area contributed by atoms with E-state index in [1.165, 1.54) is 24.2 Å². The highest BCUT2D eigenvalue weighted by molar-refractivity contribution is 8.00. The van der Waals surface area contributed by atoms with Gasteiger partial charge in [-0.1, -0.05) is 0 Å². The summed E-state index contributed by atoms with van der Waals surface area (Å²) in [4.78, 5) is 5.33. The molecule has 1 aromatic heterocycles. The topological polar surface area (TPSA) is 45.1 Å². The highest BCUT2D eigenvalue weighted by atomic mass is 32.2. The summed E-state index contributed by atoms with van der Waals surface area (Å²) in [5.74, 6) is 0. The molecule has 2 aliphatic rings. The third-order valence-electron chi connectivity index (χ3n) is 3.91. The van der Waals surface area contributed by atoms with Crippen molar-refractivity contribution in [2.24, 2.45) is 0 Å². The molecule has 2 atom stereocenters. The Kier molecular flexibility index (Phi) is 3.59. The van der Waals surface area contributed by atoms with Gasteiger partial charge in [-0.2, -0.15) is 0 Å². The summed E-state index contributed by atoms with van der Waals surface area (Å²) >= 11 is 1.93. The van der Waals surface area contributed by atoms with Crippen molar-refractivity contribution in [3.8, 4) is 0 Å². The number of nitrogens with zero attached hydrogens (tertiary/aromatic N) is 1. The van der Waals surface area contributed by atoms with E-state index >= 15 is 0 Å². The summed E-state index contributed by atoms with van der Waals surface area (Å²) in [6.07, 6.45) is 9.62. The first-order chi connectivity index (χ1) is 8.80. The number of nitrogens with one attached hydrogen (secondary N) is 1. The molecular weight excluding hydrogens is 244 g/mol. The van der Waals surface area contributed by atoms with Gasteiger partial charge in [-0.05, 0) is 44.2 Å². The zero-order valence-corrected chi connectivity index (χ0v) is 11.3. The molecule has 0 aliphatic heterocycles. The largest absolute Gasteiger partial charge is 0.394 e. The molecule has 2 aliphatic carbocycles. The lowest BCUT2D eigenvalue weighted by atomic mass is 9.99. The number of thioether (sulfide) groups is 1. The molecule has 0 spiro atoms. The van der Waals surface area contributed by atoms with Gasteiger partial charge in [0.05, 0.1) is 6.61 Å². The number of rotatable bonds is 5. The molecule has 0 amide bonds. The lowest BCUT2D eigenvalue weighted by molar-refractivity contribution is 0.163. The van der Waals surface area contributed by atoms with E-state index in [4.69, 9.17) is 0 Å². The van der Waals surface area contributed by atoms with Gasteiger partial charge in [-0.3, -0.25) is 4.98 Å². The number of aromatic nitrogens is 1. The summed E-state index contributed by atoms with van der Waals surface area (Å²) in [5.41, 5.74) is -0.00807. The fourth-order valence-electron chi connectivity index (χ4n) is 2.77. The summed E-state index contributed by atoms with van der Waals surface area (Å²) in [5, 5.41) is 14.0. The minimum Gasteiger partial charge on any atom is -0.394 e. The van der Waals surface area contributed by atoms with E-state index < -0.39 is 0 Å². The van der Waals surface area contributed by atoms with Crippen molar-refractivity contribution in [3.05, 3.63) is 24.5 Å². The number of aliphatic hydroxyl groups is 1. The van der Waals surface area contributed by atoms with E-state index in [-0.39, 0.29) is 12.1 Å². The Morgan fingerprint density at radius 3 is 2.78 bits per heavy atom. The van der Waals surface area contributed by atoms with E-state index in [1.54, 1.807) is 0 Å². The van der Waals surface area contributed by atoms with Crippen molar-refractivity contribution in [2.75, 3.05) is 6.61 Å². The monoisotopic (exact) mass is 264 g/mol. The van der Waals surface area contributed by atoms with E-state index in [0.29, 0.717) is 11.3 Å². The van der Waals surface area contributed by atoms with Crippen LogP contribution in [-0.2, 0) is 0 Å². The van der Waals surface area contributed by atoms with Crippen LogP contribution in [0.25, 0.3) is 0 Å². The smallest absolute Gasteiger partial charge is 0.0613 e. The Bertz CT molecular complexity index is 396. The summed E-state index contributed by atoms with van der Waals surface area (Å²) in [6.45, 7) is 0.275. The van der Waals surface area contributed by atoms with Gasteiger partial charge in [0.15, 0.2) is 0 Å².